The van der Waals surface area contributed by atoms with Gasteiger partial charge in [-0.3, -0.25) is 20.2 Å². The first-order valence-electron chi connectivity index (χ1n) is 6.29. The normalized spacial score (nSPS) is 10.3. The van der Waals surface area contributed by atoms with Crippen molar-refractivity contribution < 1.29 is 9.85 Å². The van der Waals surface area contributed by atoms with E-state index in [1.165, 1.54) is 0 Å². The molecule has 0 atom stereocenters. The number of benzene rings is 1. The lowest BCUT2D eigenvalue weighted by Crippen LogP contribution is -2.26. The molecule has 0 radical (unpaired) electrons. The van der Waals surface area contributed by atoms with E-state index in [1.54, 1.807) is 4.90 Å². The highest BCUT2D eigenvalue weighted by Gasteiger charge is 2.30. The van der Waals surface area contributed by atoms with E-state index in [1.807, 2.05) is 13.8 Å². The van der Waals surface area contributed by atoms with Gasteiger partial charge in [0.15, 0.2) is 5.69 Å². The van der Waals surface area contributed by atoms with Gasteiger partial charge in [0.05, 0.1) is 14.9 Å². The summed E-state index contributed by atoms with van der Waals surface area (Å²) in [4.78, 5) is 22.7. The van der Waals surface area contributed by atoms with E-state index in [4.69, 9.17) is 11.6 Å². The van der Waals surface area contributed by atoms with E-state index in [2.05, 4.69) is 0 Å². The number of nitrogens with zero attached hydrogens (tertiary/aromatic N) is 3. The molecular weight excluding hydrogens is 286 g/mol. The second kappa shape index (κ2) is 7.04. The number of halogens is 1. The molecule has 0 aliphatic carbocycles. The lowest BCUT2D eigenvalue weighted by atomic mass is 10.2. The number of hydrogen-bond donors (Lipinski definition) is 0. The average Bonchev–Trinajstić information content (AvgIpc) is 2.37. The second-order valence-corrected chi connectivity index (χ2v) is 4.73. The fraction of sp³-hybridized carbons (Fsp3) is 0.500. The topological polar surface area (TPSA) is 89.5 Å². The Hall–Kier alpha value is -1.89. The predicted octanol–water partition coefficient (Wildman–Crippen LogP) is 3.78. The maximum atomic E-state index is 11.2. The molecule has 0 N–H and O–H groups in total. The van der Waals surface area contributed by atoms with Crippen LogP contribution in [-0.2, 0) is 0 Å². The van der Waals surface area contributed by atoms with E-state index in [0.717, 1.165) is 25.0 Å². The SMILES string of the molecule is CCCN(CCC)c1c([N+](=O)[O-])cc(Cl)cc1[N+](=O)[O-]. The molecular formula is C12H16ClN3O4. The van der Waals surface area contributed by atoms with Gasteiger partial charge in [0.2, 0.25) is 0 Å². The van der Waals surface area contributed by atoms with Crippen LogP contribution in [0.3, 0.4) is 0 Å². The zero-order valence-corrected chi connectivity index (χ0v) is 12.1. The van der Waals surface area contributed by atoms with Gasteiger partial charge < -0.3 is 4.90 Å². The van der Waals surface area contributed by atoms with Gasteiger partial charge in [0, 0.05) is 25.2 Å². The number of rotatable bonds is 7. The van der Waals surface area contributed by atoms with Gasteiger partial charge in [-0.15, -0.1) is 0 Å². The van der Waals surface area contributed by atoms with Crippen molar-refractivity contribution >= 4 is 28.7 Å². The van der Waals surface area contributed by atoms with Crippen molar-refractivity contribution in [3.8, 4) is 0 Å². The molecule has 0 heterocycles. The number of nitro benzene ring substituents is 2. The minimum Gasteiger partial charge on any atom is -0.360 e. The molecule has 0 fully saturated rings. The maximum Gasteiger partial charge on any atom is 0.301 e. The van der Waals surface area contributed by atoms with Crippen LogP contribution in [0.2, 0.25) is 5.02 Å². The highest BCUT2D eigenvalue weighted by Crippen LogP contribution is 2.40. The number of nitro groups is 2. The molecule has 1 aromatic carbocycles. The summed E-state index contributed by atoms with van der Waals surface area (Å²) in [5.74, 6) is 0. The summed E-state index contributed by atoms with van der Waals surface area (Å²) in [5.41, 5.74) is -0.620. The molecule has 7 nitrogen and oxygen atoms in total. The van der Waals surface area contributed by atoms with Crippen molar-refractivity contribution in [2.24, 2.45) is 0 Å². The summed E-state index contributed by atoms with van der Waals surface area (Å²) < 4.78 is 0. The lowest BCUT2D eigenvalue weighted by molar-refractivity contribution is -0.392. The maximum absolute atomic E-state index is 11.2. The van der Waals surface area contributed by atoms with Gasteiger partial charge in [-0.2, -0.15) is 0 Å². The number of anilines is 1. The minimum absolute atomic E-state index is 0.0138. The molecule has 0 bridgehead atoms. The van der Waals surface area contributed by atoms with Crippen LogP contribution in [0.5, 0.6) is 0 Å². The Kier molecular flexibility index (Phi) is 5.69. The Bertz CT molecular complexity index is 480. The lowest BCUT2D eigenvalue weighted by Gasteiger charge is -2.23. The minimum atomic E-state index is -0.632. The Morgan fingerprint density at radius 2 is 1.45 bits per heavy atom. The van der Waals surface area contributed by atoms with Crippen molar-refractivity contribution in [3.63, 3.8) is 0 Å². The Morgan fingerprint density at radius 1 is 1.05 bits per heavy atom. The average molecular weight is 302 g/mol. The van der Waals surface area contributed by atoms with Gasteiger partial charge in [0.1, 0.15) is 0 Å². The molecule has 0 aromatic heterocycles. The monoisotopic (exact) mass is 301 g/mol. The van der Waals surface area contributed by atoms with Crippen LogP contribution in [-0.4, -0.2) is 22.9 Å². The molecule has 20 heavy (non-hydrogen) atoms. The highest BCUT2D eigenvalue weighted by molar-refractivity contribution is 6.31. The Morgan fingerprint density at radius 3 is 1.75 bits per heavy atom. The van der Waals surface area contributed by atoms with Gasteiger partial charge in [-0.1, -0.05) is 25.4 Å². The van der Waals surface area contributed by atoms with Crippen LogP contribution in [0.1, 0.15) is 26.7 Å². The largest absolute Gasteiger partial charge is 0.360 e. The van der Waals surface area contributed by atoms with Crippen LogP contribution in [0, 0.1) is 20.2 Å². The van der Waals surface area contributed by atoms with Crippen molar-refractivity contribution in [1.29, 1.82) is 0 Å². The summed E-state index contributed by atoms with van der Waals surface area (Å²) in [6, 6.07) is 2.31. The van der Waals surface area contributed by atoms with Crippen molar-refractivity contribution in [1.82, 2.24) is 0 Å². The van der Waals surface area contributed by atoms with Crippen LogP contribution in [0.4, 0.5) is 17.1 Å². The standard InChI is InChI=1S/C12H16ClN3O4/c1-3-5-14(6-4-2)12-10(15(17)18)7-9(13)8-11(12)16(19)20/h7-8H,3-6H2,1-2H3. The molecule has 0 amide bonds. The van der Waals surface area contributed by atoms with Crippen molar-refractivity contribution in [2.45, 2.75) is 26.7 Å². The summed E-state index contributed by atoms with van der Waals surface area (Å²) in [6.07, 6.45) is 1.47. The van der Waals surface area contributed by atoms with Gasteiger partial charge in [-0.05, 0) is 12.8 Å². The third kappa shape index (κ3) is 3.57. The predicted molar refractivity (Wildman–Crippen MR) is 77.6 cm³/mol. The van der Waals surface area contributed by atoms with Gasteiger partial charge >= 0.3 is 11.4 Å². The van der Waals surface area contributed by atoms with Gasteiger partial charge in [-0.25, -0.2) is 0 Å². The Labute approximate surface area is 121 Å². The van der Waals surface area contributed by atoms with Crippen molar-refractivity contribution in [2.75, 3.05) is 18.0 Å². The molecule has 1 rings (SSSR count). The smallest absolute Gasteiger partial charge is 0.301 e. The molecule has 1 aromatic rings. The number of hydrogen-bond acceptors (Lipinski definition) is 5. The van der Waals surface area contributed by atoms with Crippen LogP contribution >= 0.6 is 11.6 Å². The van der Waals surface area contributed by atoms with E-state index in [0.29, 0.717) is 13.1 Å². The molecule has 0 aliphatic heterocycles. The fourth-order valence-electron chi connectivity index (χ4n) is 2.05. The molecule has 0 unspecified atom stereocenters. The van der Waals surface area contributed by atoms with E-state index < -0.39 is 9.85 Å². The van der Waals surface area contributed by atoms with Gasteiger partial charge in [0.25, 0.3) is 0 Å². The first kappa shape index (κ1) is 16.2. The molecule has 0 aliphatic rings. The Balaban J connectivity index is 3.52. The van der Waals surface area contributed by atoms with Crippen LogP contribution in [0.25, 0.3) is 0 Å². The highest BCUT2D eigenvalue weighted by atomic mass is 35.5. The molecule has 0 saturated carbocycles. The second-order valence-electron chi connectivity index (χ2n) is 4.29. The zero-order valence-electron chi connectivity index (χ0n) is 11.3. The summed E-state index contributed by atoms with van der Waals surface area (Å²) in [7, 11) is 0. The molecule has 110 valence electrons. The van der Waals surface area contributed by atoms with Crippen LogP contribution in [0.15, 0.2) is 12.1 Å². The first-order valence-corrected chi connectivity index (χ1v) is 6.67. The van der Waals surface area contributed by atoms with Crippen LogP contribution < -0.4 is 4.90 Å². The summed E-state index contributed by atoms with van der Waals surface area (Å²) in [5, 5.41) is 22.3. The molecule has 0 spiro atoms. The quantitative estimate of drug-likeness (QED) is 0.564. The summed E-state index contributed by atoms with van der Waals surface area (Å²) in [6.45, 7) is 4.85. The molecule has 0 saturated heterocycles. The van der Waals surface area contributed by atoms with E-state index >= 15 is 0 Å². The third-order valence-electron chi connectivity index (χ3n) is 2.73. The van der Waals surface area contributed by atoms with Crippen molar-refractivity contribution in [3.05, 3.63) is 37.4 Å². The zero-order chi connectivity index (χ0) is 15.3. The van der Waals surface area contributed by atoms with E-state index in [-0.39, 0.29) is 22.1 Å². The third-order valence-corrected chi connectivity index (χ3v) is 2.95. The summed E-state index contributed by atoms with van der Waals surface area (Å²) >= 11 is 5.74. The molecule has 8 heteroatoms. The first-order chi connectivity index (χ1) is 9.42. The van der Waals surface area contributed by atoms with E-state index in [9.17, 15) is 20.2 Å². The fourth-order valence-corrected chi connectivity index (χ4v) is 2.26.